The largest absolute Gasteiger partial charge is 0.289 e. The molecule has 1 nitrogen and oxygen atoms in total. The van der Waals surface area contributed by atoms with Gasteiger partial charge in [-0.25, -0.2) is 0 Å². The highest BCUT2D eigenvalue weighted by atomic mass is 16.1. The molecule has 42 heavy (non-hydrogen) atoms. The van der Waals surface area contributed by atoms with Gasteiger partial charge in [0, 0.05) is 22.3 Å². The Hall–Kier alpha value is -5.53. The molecular weight excluding hydrogens is 508 g/mol. The summed E-state index contributed by atoms with van der Waals surface area (Å²) in [6.45, 7) is 0. The third-order valence-corrected chi connectivity index (χ3v) is 7.89. The monoisotopic (exact) mass is 536 g/mol. The average Bonchev–Trinajstić information content (AvgIpc) is 3.39. The van der Waals surface area contributed by atoms with Crippen LogP contribution in [0.25, 0.3) is 44.5 Å². The molecule has 0 bridgehead atoms. The van der Waals surface area contributed by atoms with Crippen molar-refractivity contribution in [2.45, 2.75) is 0 Å². The fraction of sp³-hybridized carbons (Fsp3) is 0. The van der Waals surface area contributed by atoms with Gasteiger partial charge in [-0.2, -0.15) is 0 Å². The molecule has 0 unspecified atom stereocenters. The Labute approximate surface area is 246 Å². The first-order valence-electron chi connectivity index (χ1n) is 14.2. The van der Waals surface area contributed by atoms with Crippen molar-refractivity contribution < 1.29 is 4.79 Å². The van der Waals surface area contributed by atoms with Crippen LogP contribution >= 0.6 is 0 Å². The lowest BCUT2D eigenvalue weighted by Crippen LogP contribution is -2.02. The first-order chi connectivity index (χ1) is 20.8. The number of hydrogen-bond acceptors (Lipinski definition) is 1. The number of carbonyl (C=O) groups excluding carboxylic acids is 1. The van der Waals surface area contributed by atoms with E-state index in [1.54, 1.807) is 0 Å². The Balaban J connectivity index is 1.42. The maximum atomic E-state index is 14.7. The Kier molecular flexibility index (Phi) is 6.76. The van der Waals surface area contributed by atoms with Crippen LogP contribution in [0.1, 0.15) is 22.3 Å². The van der Waals surface area contributed by atoms with Crippen molar-refractivity contribution in [3.05, 3.63) is 192 Å². The molecule has 0 aromatic heterocycles. The molecule has 0 heterocycles. The molecule has 1 heteroatoms. The average molecular weight is 537 g/mol. The van der Waals surface area contributed by atoms with Gasteiger partial charge < -0.3 is 0 Å². The third kappa shape index (κ3) is 4.72. The van der Waals surface area contributed by atoms with Crippen molar-refractivity contribution in [2.24, 2.45) is 0 Å². The quantitative estimate of drug-likeness (QED) is 0.207. The molecule has 0 N–H and O–H groups in total. The molecule has 0 fully saturated rings. The van der Waals surface area contributed by atoms with E-state index < -0.39 is 0 Å². The molecule has 0 saturated carbocycles. The molecular formula is C41H28O. The van der Waals surface area contributed by atoms with Crippen molar-refractivity contribution in [1.29, 1.82) is 0 Å². The Morgan fingerprint density at radius 1 is 0.214 bits per heavy atom. The summed E-state index contributed by atoms with van der Waals surface area (Å²) in [6, 6.07) is 58.1. The smallest absolute Gasteiger partial charge is 0.195 e. The summed E-state index contributed by atoms with van der Waals surface area (Å²) >= 11 is 0. The number of Topliss-reactive ketones (excluding diaryl/α,β-unsaturated/α-hetero) is 1. The standard InChI is InChI=1S/C41H28O/c42-41-39(35-25-21-31(22-26-35)29-13-5-1-6-14-29)37(33-17-9-3-10-18-33)38(34-19-11-4-12-20-34)40(41)36-27-23-32(24-28-36)30-15-7-2-8-16-30/h1-28H. The Morgan fingerprint density at radius 3 is 0.738 bits per heavy atom. The zero-order valence-corrected chi connectivity index (χ0v) is 23.1. The van der Waals surface area contributed by atoms with E-state index in [1.807, 2.05) is 72.8 Å². The minimum Gasteiger partial charge on any atom is -0.289 e. The van der Waals surface area contributed by atoms with E-state index in [9.17, 15) is 4.79 Å². The molecule has 0 atom stereocenters. The number of benzene rings is 6. The van der Waals surface area contributed by atoms with Gasteiger partial charge in [0.05, 0.1) is 0 Å². The summed E-state index contributed by atoms with van der Waals surface area (Å²) in [6.07, 6.45) is 0. The van der Waals surface area contributed by atoms with Crippen molar-refractivity contribution in [2.75, 3.05) is 0 Å². The predicted molar refractivity (Wildman–Crippen MR) is 175 cm³/mol. The van der Waals surface area contributed by atoms with Gasteiger partial charge in [-0.15, -0.1) is 0 Å². The first kappa shape index (κ1) is 25.4. The van der Waals surface area contributed by atoms with Gasteiger partial charge in [0.15, 0.2) is 5.78 Å². The van der Waals surface area contributed by atoms with Gasteiger partial charge in [-0.05, 0) is 44.5 Å². The number of rotatable bonds is 6. The Morgan fingerprint density at radius 2 is 0.429 bits per heavy atom. The van der Waals surface area contributed by atoms with Crippen LogP contribution in [0.5, 0.6) is 0 Å². The van der Waals surface area contributed by atoms with E-state index >= 15 is 0 Å². The second kappa shape index (κ2) is 11.2. The molecule has 0 aliphatic heterocycles. The molecule has 6 aromatic rings. The molecule has 0 saturated heterocycles. The number of allylic oxidation sites excluding steroid dienone is 4. The maximum Gasteiger partial charge on any atom is 0.195 e. The molecule has 0 radical (unpaired) electrons. The fourth-order valence-electron chi connectivity index (χ4n) is 5.86. The van der Waals surface area contributed by atoms with Crippen molar-refractivity contribution in [1.82, 2.24) is 0 Å². The number of carbonyl (C=O) groups is 1. The van der Waals surface area contributed by atoms with Gasteiger partial charge in [0.25, 0.3) is 0 Å². The van der Waals surface area contributed by atoms with E-state index in [1.165, 1.54) is 0 Å². The first-order valence-corrected chi connectivity index (χ1v) is 14.2. The normalized spacial score (nSPS) is 13.1. The van der Waals surface area contributed by atoms with Crippen LogP contribution in [-0.2, 0) is 4.79 Å². The van der Waals surface area contributed by atoms with Crippen LogP contribution < -0.4 is 0 Å². The lowest BCUT2D eigenvalue weighted by molar-refractivity contribution is -0.108. The van der Waals surface area contributed by atoms with E-state index in [-0.39, 0.29) is 5.78 Å². The predicted octanol–water partition coefficient (Wildman–Crippen LogP) is 10.1. The lowest BCUT2D eigenvalue weighted by Gasteiger charge is -2.14. The van der Waals surface area contributed by atoms with Crippen LogP contribution in [0.15, 0.2) is 170 Å². The molecule has 6 aromatic carbocycles. The second-order valence-electron chi connectivity index (χ2n) is 10.4. The maximum absolute atomic E-state index is 14.7. The molecule has 1 aliphatic rings. The van der Waals surface area contributed by atoms with E-state index in [4.69, 9.17) is 0 Å². The van der Waals surface area contributed by atoms with Gasteiger partial charge in [0.2, 0.25) is 0 Å². The highest BCUT2D eigenvalue weighted by molar-refractivity contribution is 6.59. The molecule has 198 valence electrons. The van der Waals surface area contributed by atoms with Gasteiger partial charge in [-0.1, -0.05) is 170 Å². The zero-order chi connectivity index (χ0) is 28.3. The zero-order valence-electron chi connectivity index (χ0n) is 23.1. The molecule has 7 rings (SSSR count). The highest BCUT2D eigenvalue weighted by Gasteiger charge is 2.35. The number of hydrogen-bond donors (Lipinski definition) is 0. The minimum absolute atomic E-state index is 0.0487. The highest BCUT2D eigenvalue weighted by Crippen LogP contribution is 2.49. The van der Waals surface area contributed by atoms with Crippen molar-refractivity contribution in [3.63, 3.8) is 0 Å². The fourth-order valence-corrected chi connectivity index (χ4v) is 5.86. The summed E-state index contributed by atoms with van der Waals surface area (Å²) in [7, 11) is 0. The molecule has 1 aliphatic carbocycles. The van der Waals surface area contributed by atoms with Crippen LogP contribution in [0.4, 0.5) is 0 Å². The third-order valence-electron chi connectivity index (χ3n) is 7.89. The van der Waals surface area contributed by atoms with Crippen LogP contribution in [0, 0.1) is 0 Å². The topological polar surface area (TPSA) is 17.1 Å². The summed E-state index contributed by atoms with van der Waals surface area (Å²) in [5, 5.41) is 0. The summed E-state index contributed by atoms with van der Waals surface area (Å²) in [4.78, 5) is 14.7. The second-order valence-corrected chi connectivity index (χ2v) is 10.4. The number of ketones is 1. The van der Waals surface area contributed by atoms with Crippen LogP contribution in [0.3, 0.4) is 0 Å². The van der Waals surface area contributed by atoms with Crippen molar-refractivity contribution in [3.8, 4) is 22.3 Å². The lowest BCUT2D eigenvalue weighted by atomic mass is 9.89. The van der Waals surface area contributed by atoms with E-state index in [0.29, 0.717) is 0 Å². The van der Waals surface area contributed by atoms with E-state index in [2.05, 4.69) is 97.1 Å². The SMILES string of the molecule is O=C1C(c2ccc(-c3ccccc3)cc2)=C(c2ccccc2)C(c2ccccc2)=C1c1ccc(-c2ccccc2)cc1. The van der Waals surface area contributed by atoms with Crippen molar-refractivity contribution >= 4 is 28.1 Å². The van der Waals surface area contributed by atoms with Gasteiger partial charge >= 0.3 is 0 Å². The van der Waals surface area contributed by atoms with E-state index in [0.717, 1.165) is 66.8 Å². The molecule has 0 spiro atoms. The summed E-state index contributed by atoms with van der Waals surface area (Å²) < 4.78 is 0. The van der Waals surface area contributed by atoms with Gasteiger partial charge in [0.1, 0.15) is 0 Å². The van der Waals surface area contributed by atoms with Crippen LogP contribution in [0.2, 0.25) is 0 Å². The minimum atomic E-state index is 0.0487. The van der Waals surface area contributed by atoms with Gasteiger partial charge in [-0.3, -0.25) is 4.79 Å². The summed E-state index contributed by atoms with van der Waals surface area (Å²) in [5.74, 6) is 0.0487. The van der Waals surface area contributed by atoms with Crippen LogP contribution in [-0.4, -0.2) is 5.78 Å². The molecule has 0 amide bonds. The Bertz CT molecular complexity index is 1770. The summed E-state index contributed by atoms with van der Waals surface area (Å²) in [5.41, 5.74) is 11.9.